The van der Waals surface area contributed by atoms with Crippen LogP contribution in [0.4, 0.5) is 0 Å². The first-order valence-electron chi connectivity index (χ1n) is 7.37. The van der Waals surface area contributed by atoms with Crippen LogP contribution in [0.1, 0.15) is 11.1 Å². The van der Waals surface area contributed by atoms with Gasteiger partial charge < -0.3 is 0 Å². The zero-order valence-electron chi connectivity index (χ0n) is 12.3. The van der Waals surface area contributed by atoms with Gasteiger partial charge in [-0.05, 0) is 22.9 Å². The molecule has 0 spiro atoms. The third kappa shape index (κ3) is 2.79. The van der Waals surface area contributed by atoms with Crippen molar-refractivity contribution in [1.82, 2.24) is 10.1 Å². The summed E-state index contributed by atoms with van der Waals surface area (Å²) >= 11 is 6.12. The topological polar surface area (TPSA) is 27.6 Å². The molecule has 1 heterocycles. The fourth-order valence-electron chi connectivity index (χ4n) is 2.67. The summed E-state index contributed by atoms with van der Waals surface area (Å²) in [6.07, 6.45) is 2.01. The first-order chi connectivity index (χ1) is 11.3. The van der Waals surface area contributed by atoms with Gasteiger partial charge in [0, 0.05) is 11.1 Å². The van der Waals surface area contributed by atoms with Gasteiger partial charge in [-0.15, -0.1) is 9.74 Å². The Bertz CT molecular complexity index is 916. The van der Waals surface area contributed by atoms with Crippen molar-refractivity contribution in [3.63, 3.8) is 0 Å². The van der Waals surface area contributed by atoms with Crippen LogP contribution in [0.15, 0.2) is 84.0 Å². The Morgan fingerprint density at radius 1 is 0.783 bits per heavy atom. The fourth-order valence-corrected chi connectivity index (χ4v) is 2.84. The van der Waals surface area contributed by atoms with E-state index in [1.807, 2.05) is 48.5 Å². The molecule has 4 heteroatoms. The van der Waals surface area contributed by atoms with Crippen LogP contribution in [0.5, 0.6) is 0 Å². The second-order valence-electron chi connectivity index (χ2n) is 5.34. The number of hydrazone groups is 1. The van der Waals surface area contributed by atoms with E-state index in [0.29, 0.717) is 0 Å². The lowest BCUT2D eigenvalue weighted by molar-refractivity contribution is 0.423. The van der Waals surface area contributed by atoms with Crippen LogP contribution in [0, 0.1) is 0 Å². The predicted molar refractivity (Wildman–Crippen MR) is 95.7 cm³/mol. The Labute approximate surface area is 139 Å². The molecule has 112 valence electrons. The Kier molecular flexibility index (Phi) is 3.48. The molecule has 0 bridgehead atoms. The molecule has 3 aromatic carbocycles. The molecule has 0 saturated carbocycles. The number of allylic oxidation sites excluding steroid dienone is 1. The molecule has 23 heavy (non-hydrogen) atoms. The van der Waals surface area contributed by atoms with Crippen molar-refractivity contribution in [3.8, 4) is 0 Å². The summed E-state index contributed by atoms with van der Waals surface area (Å²) in [6, 6.07) is 24.6. The van der Waals surface area contributed by atoms with E-state index < -0.39 is 0 Å². The van der Waals surface area contributed by atoms with Gasteiger partial charge in [0.25, 0.3) is 0 Å². The minimum atomic E-state index is 0.822. The van der Waals surface area contributed by atoms with Crippen LogP contribution in [-0.4, -0.2) is 10.3 Å². The molecule has 0 radical (unpaired) electrons. The molecule has 0 fully saturated rings. The molecule has 1 N–H and O–H groups in total. The molecule has 3 nitrogen and oxygen atoms in total. The molecular weight excluding hydrogens is 306 g/mol. The van der Waals surface area contributed by atoms with Crippen LogP contribution in [-0.2, 0) is 0 Å². The summed E-state index contributed by atoms with van der Waals surface area (Å²) in [6.45, 7) is 0. The van der Waals surface area contributed by atoms with E-state index in [0.717, 1.165) is 22.5 Å². The van der Waals surface area contributed by atoms with Crippen molar-refractivity contribution in [1.29, 1.82) is 0 Å². The lowest BCUT2D eigenvalue weighted by Gasteiger charge is -2.22. The maximum atomic E-state index is 6.12. The summed E-state index contributed by atoms with van der Waals surface area (Å²) in [7, 11) is 0. The summed E-state index contributed by atoms with van der Waals surface area (Å²) < 4.78 is 1.23. The van der Waals surface area contributed by atoms with E-state index >= 15 is 0 Å². The average molecular weight is 320 g/mol. The van der Waals surface area contributed by atoms with Crippen molar-refractivity contribution in [2.45, 2.75) is 0 Å². The lowest BCUT2D eigenvalue weighted by Crippen LogP contribution is -2.29. The van der Waals surface area contributed by atoms with E-state index in [2.05, 4.69) is 40.9 Å². The highest BCUT2D eigenvalue weighted by Crippen LogP contribution is 2.23. The first kappa shape index (κ1) is 13.9. The van der Waals surface area contributed by atoms with E-state index in [1.165, 1.54) is 15.4 Å². The van der Waals surface area contributed by atoms with E-state index in [-0.39, 0.29) is 0 Å². The van der Waals surface area contributed by atoms with Gasteiger partial charge in [0.05, 0.1) is 23.2 Å². The van der Waals surface area contributed by atoms with Gasteiger partial charge in [-0.25, -0.2) is 0 Å². The molecule has 1 aliphatic rings. The quantitative estimate of drug-likeness (QED) is 0.701. The van der Waals surface area contributed by atoms with Gasteiger partial charge in [-0.3, -0.25) is 5.43 Å². The molecule has 0 aliphatic carbocycles. The summed E-state index contributed by atoms with van der Waals surface area (Å²) in [5, 5.41) is 6.73. The van der Waals surface area contributed by atoms with E-state index in [1.54, 1.807) is 0 Å². The van der Waals surface area contributed by atoms with Crippen molar-refractivity contribution in [2.24, 2.45) is 5.10 Å². The van der Waals surface area contributed by atoms with Gasteiger partial charge in [0.15, 0.2) is 0 Å². The Hall–Kier alpha value is -2.78. The van der Waals surface area contributed by atoms with Crippen LogP contribution in [0.3, 0.4) is 0 Å². The fraction of sp³-hybridized carbons (Fsp3) is 0. The van der Waals surface area contributed by atoms with Crippen LogP contribution < -0.4 is 5.43 Å². The van der Waals surface area contributed by atoms with Gasteiger partial charge >= 0.3 is 0 Å². The highest BCUT2D eigenvalue weighted by molar-refractivity contribution is 6.18. The number of rotatable bonds is 2. The second-order valence-corrected chi connectivity index (χ2v) is 5.66. The van der Waals surface area contributed by atoms with Crippen molar-refractivity contribution in [2.75, 3.05) is 0 Å². The standard InChI is InChI=1S/C19H14ClN3/c20-23-21-18(15-7-2-1-3-8-15)13-19(22-23)17-11-10-14-6-4-5-9-16(14)12-17/h1-13,22H. The van der Waals surface area contributed by atoms with Crippen molar-refractivity contribution in [3.05, 3.63) is 90.0 Å². The molecule has 0 amide bonds. The summed E-state index contributed by atoms with van der Waals surface area (Å²) in [5.41, 5.74) is 6.90. The third-order valence-corrected chi connectivity index (χ3v) is 3.98. The summed E-state index contributed by atoms with van der Waals surface area (Å²) in [4.78, 5) is 0. The Morgan fingerprint density at radius 2 is 1.52 bits per heavy atom. The van der Waals surface area contributed by atoms with Gasteiger partial charge in [-0.2, -0.15) is 0 Å². The smallest absolute Gasteiger partial charge is 0.0960 e. The van der Waals surface area contributed by atoms with Crippen LogP contribution >= 0.6 is 11.8 Å². The normalized spacial score (nSPS) is 14.2. The molecule has 4 rings (SSSR count). The predicted octanol–water partition coefficient (Wildman–Crippen LogP) is 4.56. The number of benzene rings is 3. The Balaban J connectivity index is 1.77. The van der Waals surface area contributed by atoms with Crippen LogP contribution in [0.25, 0.3) is 16.5 Å². The lowest BCUT2D eigenvalue weighted by atomic mass is 10.0. The van der Waals surface area contributed by atoms with Crippen molar-refractivity contribution < 1.29 is 0 Å². The number of nitrogens with one attached hydrogen (secondary N) is 1. The SMILES string of the molecule is ClN1N=C(c2ccccc2)C=C(c2ccc3ccccc3c2)N1. The number of nitrogens with zero attached hydrogens (tertiary/aromatic N) is 2. The molecule has 3 aromatic rings. The van der Waals surface area contributed by atoms with E-state index in [4.69, 9.17) is 11.8 Å². The molecule has 1 aliphatic heterocycles. The minimum absolute atomic E-state index is 0.822. The highest BCUT2D eigenvalue weighted by atomic mass is 35.5. The van der Waals surface area contributed by atoms with Gasteiger partial charge in [0.1, 0.15) is 0 Å². The maximum absolute atomic E-state index is 6.12. The zero-order chi connectivity index (χ0) is 15.6. The number of halogens is 1. The largest absolute Gasteiger partial charge is 0.266 e. The number of hydrogen-bond acceptors (Lipinski definition) is 3. The van der Waals surface area contributed by atoms with Crippen LogP contribution in [0.2, 0.25) is 0 Å². The number of fused-ring (bicyclic) bond motifs is 1. The third-order valence-electron chi connectivity index (χ3n) is 3.82. The average Bonchev–Trinajstić information content (AvgIpc) is 2.61. The second kappa shape index (κ2) is 5.78. The van der Waals surface area contributed by atoms with Crippen molar-refractivity contribution >= 4 is 34.0 Å². The number of hydrazine groups is 1. The minimum Gasteiger partial charge on any atom is -0.266 e. The molecule has 0 atom stereocenters. The van der Waals surface area contributed by atoms with Gasteiger partial charge in [-0.1, -0.05) is 66.7 Å². The summed E-state index contributed by atoms with van der Waals surface area (Å²) in [5.74, 6) is 0. The van der Waals surface area contributed by atoms with E-state index in [9.17, 15) is 0 Å². The molecule has 0 aromatic heterocycles. The highest BCUT2D eigenvalue weighted by Gasteiger charge is 2.14. The zero-order valence-corrected chi connectivity index (χ0v) is 13.0. The Morgan fingerprint density at radius 3 is 2.35 bits per heavy atom. The molecule has 0 unspecified atom stereocenters. The monoisotopic (exact) mass is 319 g/mol. The number of hydrogen-bond donors (Lipinski definition) is 1. The van der Waals surface area contributed by atoms with Gasteiger partial charge in [0.2, 0.25) is 0 Å². The molecule has 0 saturated heterocycles. The molecular formula is C19H14ClN3. The first-order valence-corrected chi connectivity index (χ1v) is 7.71. The maximum Gasteiger partial charge on any atom is 0.0960 e.